The minimum Gasteiger partial charge on any atom is -0.320 e. The van der Waals surface area contributed by atoms with Crippen LogP contribution in [0.5, 0.6) is 0 Å². The molecule has 16 heavy (non-hydrogen) atoms. The van der Waals surface area contributed by atoms with Crippen LogP contribution in [0.25, 0.3) is 0 Å². The van der Waals surface area contributed by atoms with Crippen LogP contribution in [-0.2, 0) is 4.79 Å². The number of hydrogen-bond donors (Lipinski definition) is 2. The summed E-state index contributed by atoms with van der Waals surface area (Å²) >= 11 is 3.35. The molecule has 0 aromatic carbocycles. The van der Waals surface area contributed by atoms with Gasteiger partial charge in [-0.25, -0.2) is 4.98 Å². The van der Waals surface area contributed by atoms with Gasteiger partial charge in [0.15, 0.2) is 0 Å². The SMILES string of the molecule is CCC[C@@H](N)C(=O)Nc1ccc(Br)c(C)n1. The lowest BCUT2D eigenvalue weighted by Gasteiger charge is -2.11. The van der Waals surface area contributed by atoms with Gasteiger partial charge in [-0.1, -0.05) is 13.3 Å². The van der Waals surface area contributed by atoms with Gasteiger partial charge in [0.05, 0.1) is 11.7 Å². The summed E-state index contributed by atoms with van der Waals surface area (Å²) in [4.78, 5) is 15.8. The van der Waals surface area contributed by atoms with E-state index >= 15 is 0 Å². The molecule has 3 N–H and O–H groups in total. The highest BCUT2D eigenvalue weighted by molar-refractivity contribution is 9.10. The molecular weight excluding hydrogens is 270 g/mol. The summed E-state index contributed by atoms with van der Waals surface area (Å²) in [5, 5.41) is 2.70. The van der Waals surface area contributed by atoms with Crippen molar-refractivity contribution in [2.75, 3.05) is 5.32 Å². The summed E-state index contributed by atoms with van der Waals surface area (Å²) in [6.45, 7) is 3.86. The Hall–Kier alpha value is -0.940. The molecule has 0 saturated heterocycles. The third kappa shape index (κ3) is 3.57. The third-order valence-electron chi connectivity index (χ3n) is 2.21. The molecule has 1 heterocycles. The summed E-state index contributed by atoms with van der Waals surface area (Å²) in [7, 11) is 0. The van der Waals surface area contributed by atoms with Crippen LogP contribution in [0.2, 0.25) is 0 Å². The van der Waals surface area contributed by atoms with Gasteiger partial charge in [0, 0.05) is 4.47 Å². The molecule has 0 aliphatic heterocycles. The zero-order valence-electron chi connectivity index (χ0n) is 9.46. The molecule has 0 spiro atoms. The molecule has 0 radical (unpaired) electrons. The molecule has 0 aliphatic carbocycles. The predicted octanol–water partition coefficient (Wildman–Crippen LogP) is 2.22. The second-order valence-corrected chi connectivity index (χ2v) is 4.50. The summed E-state index contributed by atoms with van der Waals surface area (Å²) in [6, 6.07) is 3.13. The second-order valence-electron chi connectivity index (χ2n) is 3.65. The van der Waals surface area contributed by atoms with E-state index in [9.17, 15) is 4.79 Å². The minimum atomic E-state index is -0.462. The highest BCUT2D eigenvalue weighted by Gasteiger charge is 2.12. The zero-order chi connectivity index (χ0) is 12.1. The Bertz CT molecular complexity index is 381. The molecule has 1 aromatic heterocycles. The number of pyridine rings is 1. The first-order valence-electron chi connectivity index (χ1n) is 5.24. The highest BCUT2D eigenvalue weighted by Crippen LogP contribution is 2.16. The first-order chi connectivity index (χ1) is 7.54. The fourth-order valence-electron chi connectivity index (χ4n) is 1.27. The van der Waals surface area contributed by atoms with Gasteiger partial charge in [0.2, 0.25) is 5.91 Å². The van der Waals surface area contributed by atoms with Crippen molar-refractivity contribution >= 4 is 27.7 Å². The molecule has 5 heteroatoms. The Kier molecular flexibility index (Phi) is 4.89. The summed E-state index contributed by atoms with van der Waals surface area (Å²) in [5.74, 6) is 0.355. The largest absolute Gasteiger partial charge is 0.320 e. The van der Waals surface area contributed by atoms with Crippen molar-refractivity contribution in [1.82, 2.24) is 4.98 Å². The van der Waals surface area contributed by atoms with E-state index in [-0.39, 0.29) is 5.91 Å². The number of aryl methyl sites for hydroxylation is 1. The molecular formula is C11H16BrN3O. The monoisotopic (exact) mass is 285 g/mol. The smallest absolute Gasteiger partial charge is 0.242 e. The van der Waals surface area contributed by atoms with E-state index in [4.69, 9.17) is 5.73 Å². The van der Waals surface area contributed by atoms with Crippen LogP contribution in [0.4, 0.5) is 5.82 Å². The molecule has 1 amide bonds. The van der Waals surface area contributed by atoms with Crippen molar-refractivity contribution in [3.8, 4) is 0 Å². The number of carbonyl (C=O) groups excluding carboxylic acids is 1. The Morgan fingerprint density at radius 1 is 1.62 bits per heavy atom. The molecule has 0 unspecified atom stereocenters. The summed E-state index contributed by atoms with van der Waals surface area (Å²) in [6.07, 6.45) is 1.57. The van der Waals surface area contributed by atoms with Gasteiger partial charge >= 0.3 is 0 Å². The summed E-state index contributed by atoms with van der Waals surface area (Å²) in [5.41, 5.74) is 6.53. The molecule has 0 saturated carbocycles. The third-order valence-corrected chi connectivity index (χ3v) is 3.05. The molecule has 1 atom stereocenters. The van der Waals surface area contributed by atoms with Gasteiger partial charge < -0.3 is 11.1 Å². The van der Waals surface area contributed by atoms with E-state index in [1.54, 1.807) is 6.07 Å². The maximum Gasteiger partial charge on any atom is 0.242 e. The van der Waals surface area contributed by atoms with Crippen LogP contribution in [0.3, 0.4) is 0 Å². The number of carbonyl (C=O) groups is 1. The van der Waals surface area contributed by atoms with Gasteiger partial charge in [-0.05, 0) is 41.4 Å². The van der Waals surface area contributed by atoms with Crippen LogP contribution in [-0.4, -0.2) is 16.9 Å². The van der Waals surface area contributed by atoms with Crippen molar-refractivity contribution in [2.45, 2.75) is 32.7 Å². The fraction of sp³-hybridized carbons (Fsp3) is 0.455. The zero-order valence-corrected chi connectivity index (χ0v) is 11.0. The van der Waals surface area contributed by atoms with Crippen molar-refractivity contribution < 1.29 is 4.79 Å². The van der Waals surface area contributed by atoms with Crippen molar-refractivity contribution in [1.29, 1.82) is 0 Å². The average molecular weight is 286 g/mol. The van der Waals surface area contributed by atoms with Gasteiger partial charge in [-0.3, -0.25) is 4.79 Å². The van der Waals surface area contributed by atoms with Crippen LogP contribution in [0, 0.1) is 6.92 Å². The predicted molar refractivity (Wildman–Crippen MR) is 68.2 cm³/mol. The lowest BCUT2D eigenvalue weighted by molar-refractivity contribution is -0.117. The molecule has 0 bridgehead atoms. The Morgan fingerprint density at radius 3 is 2.88 bits per heavy atom. The van der Waals surface area contributed by atoms with Crippen LogP contribution in [0.1, 0.15) is 25.5 Å². The highest BCUT2D eigenvalue weighted by atomic mass is 79.9. The number of nitrogens with zero attached hydrogens (tertiary/aromatic N) is 1. The lowest BCUT2D eigenvalue weighted by Crippen LogP contribution is -2.35. The number of rotatable bonds is 4. The number of amides is 1. The molecule has 0 fully saturated rings. The standard InChI is InChI=1S/C11H16BrN3O/c1-3-4-9(13)11(16)15-10-6-5-8(12)7(2)14-10/h5-6,9H,3-4,13H2,1-2H3,(H,14,15,16)/t9-/m1/s1. The molecule has 88 valence electrons. The maximum atomic E-state index is 11.6. The Labute approximate surface area is 104 Å². The van der Waals surface area contributed by atoms with E-state index in [2.05, 4.69) is 26.2 Å². The number of nitrogens with two attached hydrogens (primary N) is 1. The van der Waals surface area contributed by atoms with Gasteiger partial charge in [0.1, 0.15) is 5.82 Å². The fourth-order valence-corrected chi connectivity index (χ4v) is 1.50. The van der Waals surface area contributed by atoms with E-state index in [1.165, 1.54) is 0 Å². The maximum absolute atomic E-state index is 11.6. The van der Waals surface area contributed by atoms with E-state index in [1.807, 2.05) is 19.9 Å². The van der Waals surface area contributed by atoms with E-state index in [0.29, 0.717) is 12.2 Å². The molecule has 0 aliphatic rings. The number of nitrogens with one attached hydrogen (secondary N) is 1. The van der Waals surface area contributed by atoms with Gasteiger partial charge in [-0.15, -0.1) is 0 Å². The number of halogens is 1. The lowest BCUT2D eigenvalue weighted by atomic mass is 10.2. The van der Waals surface area contributed by atoms with Crippen LogP contribution < -0.4 is 11.1 Å². The Balaban J connectivity index is 2.66. The van der Waals surface area contributed by atoms with Crippen molar-refractivity contribution in [3.63, 3.8) is 0 Å². The van der Waals surface area contributed by atoms with Gasteiger partial charge in [0.25, 0.3) is 0 Å². The summed E-state index contributed by atoms with van der Waals surface area (Å²) < 4.78 is 0.920. The topological polar surface area (TPSA) is 68.0 Å². The van der Waals surface area contributed by atoms with Crippen molar-refractivity contribution in [2.24, 2.45) is 5.73 Å². The van der Waals surface area contributed by atoms with E-state index in [0.717, 1.165) is 16.6 Å². The minimum absolute atomic E-state index is 0.184. The van der Waals surface area contributed by atoms with Gasteiger partial charge in [-0.2, -0.15) is 0 Å². The van der Waals surface area contributed by atoms with Crippen molar-refractivity contribution in [3.05, 3.63) is 22.3 Å². The first kappa shape index (κ1) is 13.1. The van der Waals surface area contributed by atoms with Crippen LogP contribution >= 0.6 is 15.9 Å². The average Bonchev–Trinajstić information content (AvgIpc) is 2.24. The quantitative estimate of drug-likeness (QED) is 0.891. The molecule has 4 nitrogen and oxygen atoms in total. The van der Waals surface area contributed by atoms with E-state index < -0.39 is 6.04 Å². The molecule has 1 aromatic rings. The molecule has 1 rings (SSSR count). The Morgan fingerprint density at radius 2 is 2.31 bits per heavy atom. The normalized spacial score (nSPS) is 12.2. The second kappa shape index (κ2) is 5.96. The number of hydrogen-bond acceptors (Lipinski definition) is 3. The number of aromatic nitrogens is 1. The number of anilines is 1. The first-order valence-corrected chi connectivity index (χ1v) is 6.03. The van der Waals surface area contributed by atoms with Crippen LogP contribution in [0.15, 0.2) is 16.6 Å².